The lowest BCUT2D eigenvalue weighted by Gasteiger charge is -2.46. The first-order chi connectivity index (χ1) is 22.7. The quantitative estimate of drug-likeness (QED) is 0.101. The second-order valence-corrected chi connectivity index (χ2v) is 11.6. The Balaban J connectivity index is 1.60. The molecule has 16 nitrogen and oxygen atoms in total. The summed E-state index contributed by atoms with van der Waals surface area (Å²) in [5, 5.41) is 11.6. The second kappa shape index (κ2) is 17.1. The number of benzene rings is 2. The first kappa shape index (κ1) is 34.9. The molecule has 1 saturated heterocycles. The monoisotopic (exact) mass is 646 g/mol. The predicted molar refractivity (Wildman–Crippen MR) is 169 cm³/mol. The Morgan fingerprint density at radius 2 is 1.49 bits per heavy atom. The van der Waals surface area contributed by atoms with Crippen molar-refractivity contribution in [2.75, 3.05) is 0 Å². The van der Waals surface area contributed by atoms with Crippen LogP contribution in [0.3, 0.4) is 0 Å². The molecule has 9 atom stereocenters. The van der Waals surface area contributed by atoms with Crippen LogP contribution >= 0.6 is 0 Å². The fourth-order valence-electron chi connectivity index (χ4n) is 6.04. The summed E-state index contributed by atoms with van der Waals surface area (Å²) in [6.07, 6.45) is -3.33. The predicted octanol–water partition coefficient (Wildman–Crippen LogP) is 7.11. The molecule has 4 rings (SSSR count). The maximum Gasteiger partial charge on any atom is 0.410 e. The Hall–Kier alpha value is -4.97. The summed E-state index contributed by atoms with van der Waals surface area (Å²) in [6, 6.07) is 16.0. The van der Waals surface area contributed by atoms with E-state index in [4.69, 9.17) is 24.5 Å². The zero-order valence-electron chi connectivity index (χ0n) is 26.4. The van der Waals surface area contributed by atoms with Gasteiger partial charge in [-0.2, -0.15) is 0 Å². The Morgan fingerprint density at radius 1 is 0.894 bits per heavy atom. The molecule has 1 saturated carbocycles. The zero-order valence-corrected chi connectivity index (χ0v) is 26.4. The van der Waals surface area contributed by atoms with E-state index < -0.39 is 66.7 Å². The lowest BCUT2D eigenvalue weighted by Crippen LogP contribution is -2.57. The third kappa shape index (κ3) is 9.29. The van der Waals surface area contributed by atoms with Crippen LogP contribution in [0.5, 0.6) is 0 Å². The smallest absolute Gasteiger partial charge is 0.410 e. The van der Waals surface area contributed by atoms with Crippen LogP contribution in [0.1, 0.15) is 51.2 Å². The van der Waals surface area contributed by atoms with Gasteiger partial charge < -0.3 is 18.9 Å². The number of hydrogen-bond donors (Lipinski definition) is 0. The Labute approximate surface area is 271 Å². The fraction of sp³-hybridized carbons (Fsp3) is 0.548. The molecule has 2 fully saturated rings. The van der Waals surface area contributed by atoms with Gasteiger partial charge in [0.15, 0.2) is 6.29 Å². The summed E-state index contributed by atoms with van der Waals surface area (Å²) < 4.78 is 24.2. The van der Waals surface area contributed by atoms with Crippen molar-refractivity contribution in [2.45, 2.75) is 102 Å². The number of carbonyl (C=O) groups excluding carboxylic acids is 2. The molecule has 0 unspecified atom stereocenters. The SMILES string of the molecule is CC(=O)O[C@@H]1[C@@H](C)[C@H](N=[N+]=[N-])C[C@H](N=[N+]=[N-])[C@H]1O[C@H]1O[C@H]([C@H](C)N(Cc2ccccc2)C(=O)OCc2ccccc2)CC[C@H]1N=[N+]=[N-]. The molecular weight excluding hydrogens is 608 g/mol. The summed E-state index contributed by atoms with van der Waals surface area (Å²) in [5.74, 6) is -1.10. The van der Waals surface area contributed by atoms with Gasteiger partial charge in [-0.05, 0) is 53.9 Å². The molecule has 0 aromatic heterocycles. The van der Waals surface area contributed by atoms with Crippen LogP contribution in [0.2, 0.25) is 0 Å². The maximum absolute atomic E-state index is 13.6. The highest BCUT2D eigenvalue weighted by Gasteiger charge is 2.48. The zero-order chi connectivity index (χ0) is 33.8. The fourth-order valence-corrected chi connectivity index (χ4v) is 6.04. The highest BCUT2D eigenvalue weighted by atomic mass is 16.7. The highest BCUT2D eigenvalue weighted by molar-refractivity contribution is 5.68. The van der Waals surface area contributed by atoms with Gasteiger partial charge >= 0.3 is 12.1 Å². The van der Waals surface area contributed by atoms with Gasteiger partial charge in [-0.15, -0.1) is 0 Å². The molecule has 1 amide bonds. The molecule has 0 N–H and O–H groups in total. The van der Waals surface area contributed by atoms with Gasteiger partial charge in [0.05, 0.1) is 24.2 Å². The van der Waals surface area contributed by atoms with E-state index in [9.17, 15) is 20.7 Å². The minimum absolute atomic E-state index is 0.0863. The van der Waals surface area contributed by atoms with Gasteiger partial charge in [0.1, 0.15) is 18.8 Å². The number of nitrogens with zero attached hydrogens (tertiary/aromatic N) is 10. The highest BCUT2D eigenvalue weighted by Crippen LogP contribution is 2.37. The molecule has 1 aliphatic carbocycles. The molecule has 0 radical (unpaired) electrons. The van der Waals surface area contributed by atoms with Gasteiger partial charge in [-0.1, -0.05) is 82.9 Å². The lowest BCUT2D eigenvalue weighted by molar-refractivity contribution is -0.257. The van der Waals surface area contributed by atoms with E-state index in [1.54, 1.807) is 11.8 Å². The van der Waals surface area contributed by atoms with Crippen LogP contribution in [-0.4, -0.2) is 65.7 Å². The lowest BCUT2D eigenvalue weighted by atomic mass is 9.79. The molecule has 0 spiro atoms. The van der Waals surface area contributed by atoms with Crippen molar-refractivity contribution >= 4 is 12.1 Å². The minimum Gasteiger partial charge on any atom is -0.459 e. The van der Waals surface area contributed by atoms with Crippen molar-refractivity contribution < 1.29 is 28.5 Å². The number of hydrogen-bond acceptors (Lipinski definition) is 9. The third-order valence-corrected chi connectivity index (χ3v) is 8.54. The van der Waals surface area contributed by atoms with Crippen LogP contribution in [0.25, 0.3) is 31.3 Å². The largest absolute Gasteiger partial charge is 0.459 e. The van der Waals surface area contributed by atoms with Crippen LogP contribution in [0.4, 0.5) is 4.79 Å². The Kier molecular flexibility index (Phi) is 12.7. The molecule has 47 heavy (non-hydrogen) atoms. The second-order valence-electron chi connectivity index (χ2n) is 11.6. The van der Waals surface area contributed by atoms with Crippen LogP contribution < -0.4 is 0 Å². The van der Waals surface area contributed by atoms with Crippen molar-refractivity contribution in [3.63, 3.8) is 0 Å². The molecule has 16 heteroatoms. The van der Waals surface area contributed by atoms with E-state index in [0.29, 0.717) is 12.8 Å². The van der Waals surface area contributed by atoms with Crippen molar-refractivity contribution in [3.05, 3.63) is 103 Å². The van der Waals surface area contributed by atoms with E-state index in [0.717, 1.165) is 11.1 Å². The summed E-state index contributed by atoms with van der Waals surface area (Å²) >= 11 is 0. The molecule has 2 aromatic carbocycles. The van der Waals surface area contributed by atoms with Gasteiger partial charge in [-0.25, -0.2) is 4.79 Å². The van der Waals surface area contributed by atoms with Crippen LogP contribution in [0.15, 0.2) is 76.0 Å². The van der Waals surface area contributed by atoms with Crippen LogP contribution in [-0.2, 0) is 36.9 Å². The van der Waals surface area contributed by atoms with E-state index in [1.165, 1.54) is 6.92 Å². The Bertz CT molecular complexity index is 1500. The molecule has 1 heterocycles. The van der Waals surface area contributed by atoms with Gasteiger partial charge in [-0.3, -0.25) is 9.69 Å². The molecule has 2 aromatic rings. The van der Waals surface area contributed by atoms with Crippen molar-refractivity contribution in [2.24, 2.45) is 21.3 Å². The van der Waals surface area contributed by atoms with Crippen molar-refractivity contribution in [1.29, 1.82) is 0 Å². The van der Waals surface area contributed by atoms with E-state index >= 15 is 0 Å². The summed E-state index contributed by atoms with van der Waals surface area (Å²) in [6.45, 7) is 5.16. The van der Waals surface area contributed by atoms with E-state index in [-0.39, 0.29) is 19.6 Å². The third-order valence-electron chi connectivity index (χ3n) is 8.54. The standard InChI is InChI=1S/C31H38N10O6/c1-19-25(36-39-33)16-26(37-40-34)29(28(19)45-21(3)42)47-30-24(35-38-32)14-15-27(46-30)20(2)41(17-22-10-6-4-7-11-22)31(43)44-18-23-12-8-5-9-13-23/h4-13,19-20,24-30H,14-18H2,1-3H3/t19-,20-,24+,25+,26-,27-,28+,29+,30+/m0/s1. The Morgan fingerprint density at radius 3 is 2.11 bits per heavy atom. The van der Waals surface area contributed by atoms with E-state index in [1.807, 2.05) is 67.6 Å². The molecule has 0 bridgehead atoms. The van der Waals surface area contributed by atoms with E-state index in [2.05, 4.69) is 30.1 Å². The van der Waals surface area contributed by atoms with Crippen molar-refractivity contribution in [3.8, 4) is 0 Å². The summed E-state index contributed by atoms with van der Waals surface area (Å²) in [7, 11) is 0. The van der Waals surface area contributed by atoms with Gasteiger partial charge in [0.2, 0.25) is 0 Å². The molecule has 248 valence electrons. The van der Waals surface area contributed by atoms with Gasteiger partial charge in [0, 0.05) is 40.2 Å². The number of rotatable bonds is 12. The van der Waals surface area contributed by atoms with Gasteiger partial charge in [0.25, 0.3) is 0 Å². The maximum atomic E-state index is 13.6. The summed E-state index contributed by atoms with van der Waals surface area (Å²) in [4.78, 5) is 36.1. The topological polar surface area (TPSA) is 221 Å². The number of ether oxygens (including phenoxy) is 4. The van der Waals surface area contributed by atoms with Crippen molar-refractivity contribution in [1.82, 2.24) is 4.90 Å². The van der Waals surface area contributed by atoms with Crippen LogP contribution in [0, 0.1) is 5.92 Å². The average molecular weight is 647 g/mol. The molecular formula is C31H38N10O6. The number of esters is 1. The number of azide groups is 3. The number of carbonyl (C=O) groups is 2. The molecule has 1 aliphatic heterocycles. The average Bonchev–Trinajstić information content (AvgIpc) is 3.07. The normalized spacial score (nSPS) is 27.5. The summed E-state index contributed by atoms with van der Waals surface area (Å²) in [5.41, 5.74) is 29.5. The number of amides is 1. The first-order valence-corrected chi connectivity index (χ1v) is 15.4. The first-order valence-electron chi connectivity index (χ1n) is 15.4. The molecule has 2 aliphatic rings. The minimum atomic E-state index is -1.14.